The zero-order valence-electron chi connectivity index (χ0n) is 7.65. The normalized spacial score (nSPS) is 39.2. The highest BCUT2D eigenvalue weighted by atomic mass is 19.3. The van der Waals surface area contributed by atoms with Crippen molar-refractivity contribution in [2.45, 2.75) is 18.8 Å². The highest BCUT2D eigenvalue weighted by Crippen LogP contribution is 2.36. The van der Waals surface area contributed by atoms with Crippen molar-refractivity contribution in [3.63, 3.8) is 0 Å². The molecule has 0 aromatic heterocycles. The molecule has 0 aromatic rings. The van der Waals surface area contributed by atoms with Gasteiger partial charge in [-0.2, -0.15) is 0 Å². The Kier molecular flexibility index (Phi) is 2.51. The van der Waals surface area contributed by atoms with E-state index in [0.29, 0.717) is 6.54 Å². The number of rotatable bonds is 1. The molecule has 0 radical (unpaired) electrons. The Labute approximate surface area is 77.1 Å². The van der Waals surface area contributed by atoms with Gasteiger partial charge in [0.25, 0.3) is 5.92 Å². The average Bonchev–Trinajstić information content (AvgIpc) is 2.47. The molecule has 76 valence electrons. The third-order valence-corrected chi connectivity index (χ3v) is 3.17. The van der Waals surface area contributed by atoms with Crippen LogP contribution in [0.3, 0.4) is 0 Å². The number of hydrogen-bond acceptors (Lipinski definition) is 2. The Balaban J connectivity index is 1.98. The highest BCUT2D eigenvalue weighted by Gasteiger charge is 2.47. The minimum atomic E-state index is -2.48. The van der Waals surface area contributed by atoms with Gasteiger partial charge in [0.15, 0.2) is 0 Å². The Morgan fingerprint density at radius 1 is 1.15 bits per heavy atom. The lowest BCUT2D eigenvalue weighted by molar-refractivity contribution is -0.0465. The second-order valence-electron chi connectivity index (χ2n) is 4.10. The molecule has 0 bridgehead atoms. The van der Waals surface area contributed by atoms with Crippen molar-refractivity contribution in [3.8, 4) is 0 Å². The van der Waals surface area contributed by atoms with Crippen LogP contribution in [0.25, 0.3) is 0 Å². The van der Waals surface area contributed by atoms with Crippen LogP contribution in [-0.2, 0) is 0 Å². The van der Waals surface area contributed by atoms with E-state index in [0.717, 1.165) is 25.9 Å². The van der Waals surface area contributed by atoms with E-state index in [9.17, 15) is 8.78 Å². The van der Waals surface area contributed by atoms with Crippen LogP contribution in [0.2, 0.25) is 0 Å². The van der Waals surface area contributed by atoms with E-state index >= 15 is 0 Å². The summed E-state index contributed by atoms with van der Waals surface area (Å²) in [5.74, 6) is -2.76. The number of piperidine rings is 1. The van der Waals surface area contributed by atoms with Gasteiger partial charge in [0, 0.05) is 12.5 Å². The van der Waals surface area contributed by atoms with Crippen LogP contribution in [0, 0.1) is 11.8 Å². The van der Waals surface area contributed by atoms with Crippen LogP contribution in [0.15, 0.2) is 0 Å². The van der Waals surface area contributed by atoms with E-state index in [1.54, 1.807) is 0 Å². The van der Waals surface area contributed by atoms with Crippen LogP contribution in [-0.4, -0.2) is 32.1 Å². The first kappa shape index (κ1) is 9.34. The van der Waals surface area contributed by atoms with E-state index < -0.39 is 11.8 Å². The minimum absolute atomic E-state index is 0.131. The Hall–Kier alpha value is -0.220. The molecule has 0 aromatic carbocycles. The predicted octanol–water partition coefficient (Wildman–Crippen LogP) is 0.841. The molecule has 2 fully saturated rings. The largest absolute Gasteiger partial charge is 0.316 e. The minimum Gasteiger partial charge on any atom is -0.316 e. The van der Waals surface area contributed by atoms with Gasteiger partial charge in [0.1, 0.15) is 0 Å². The first-order chi connectivity index (χ1) is 6.20. The van der Waals surface area contributed by atoms with Crippen molar-refractivity contribution in [3.05, 3.63) is 0 Å². The summed E-state index contributed by atoms with van der Waals surface area (Å²) in [6, 6.07) is 0. The third-order valence-electron chi connectivity index (χ3n) is 3.17. The first-order valence-corrected chi connectivity index (χ1v) is 4.99. The van der Waals surface area contributed by atoms with Crippen molar-refractivity contribution in [1.29, 1.82) is 0 Å². The van der Waals surface area contributed by atoms with Crippen LogP contribution in [0.1, 0.15) is 12.8 Å². The predicted molar refractivity (Wildman–Crippen MR) is 46.9 cm³/mol. The van der Waals surface area contributed by atoms with Gasteiger partial charge in [0.2, 0.25) is 0 Å². The monoisotopic (exact) mass is 190 g/mol. The lowest BCUT2D eigenvalue weighted by Crippen LogP contribution is -2.41. The molecule has 2 unspecified atom stereocenters. The van der Waals surface area contributed by atoms with Crippen molar-refractivity contribution in [1.82, 2.24) is 10.6 Å². The maximum absolute atomic E-state index is 13.3. The first-order valence-electron chi connectivity index (χ1n) is 4.99. The van der Waals surface area contributed by atoms with Crippen molar-refractivity contribution in [2.24, 2.45) is 11.8 Å². The Morgan fingerprint density at radius 3 is 2.54 bits per heavy atom. The van der Waals surface area contributed by atoms with E-state index in [4.69, 9.17) is 0 Å². The third kappa shape index (κ3) is 1.83. The molecule has 2 atom stereocenters. The summed E-state index contributed by atoms with van der Waals surface area (Å²) in [5.41, 5.74) is 0. The van der Waals surface area contributed by atoms with E-state index in [-0.39, 0.29) is 12.5 Å². The van der Waals surface area contributed by atoms with Gasteiger partial charge < -0.3 is 10.6 Å². The molecule has 0 saturated carbocycles. The van der Waals surface area contributed by atoms with E-state index in [1.807, 2.05) is 0 Å². The summed E-state index contributed by atoms with van der Waals surface area (Å²) < 4.78 is 26.6. The smallest absolute Gasteiger partial charge is 0.264 e. The molecular formula is C9H16F2N2. The molecule has 13 heavy (non-hydrogen) atoms. The molecule has 2 heterocycles. The lowest BCUT2D eigenvalue weighted by atomic mass is 9.84. The van der Waals surface area contributed by atoms with E-state index in [2.05, 4.69) is 10.6 Å². The number of hydrogen-bond donors (Lipinski definition) is 2. The fourth-order valence-electron chi connectivity index (χ4n) is 2.41. The highest BCUT2D eigenvalue weighted by molar-refractivity contribution is 4.93. The fourth-order valence-corrected chi connectivity index (χ4v) is 2.41. The van der Waals surface area contributed by atoms with Gasteiger partial charge in [-0.25, -0.2) is 8.78 Å². The van der Waals surface area contributed by atoms with Gasteiger partial charge in [-0.1, -0.05) is 0 Å². The zero-order chi connectivity index (χ0) is 9.31. The molecule has 2 nitrogen and oxygen atoms in total. The lowest BCUT2D eigenvalue weighted by Gasteiger charge is -2.30. The van der Waals surface area contributed by atoms with Crippen LogP contribution in [0.4, 0.5) is 8.78 Å². The molecule has 2 aliphatic rings. The molecule has 2 aliphatic heterocycles. The average molecular weight is 190 g/mol. The van der Waals surface area contributed by atoms with Gasteiger partial charge in [-0.15, -0.1) is 0 Å². The second kappa shape index (κ2) is 3.50. The number of halogens is 2. The molecule has 0 spiro atoms. The van der Waals surface area contributed by atoms with Crippen LogP contribution >= 0.6 is 0 Å². The van der Waals surface area contributed by atoms with Crippen LogP contribution in [0.5, 0.6) is 0 Å². The molecule has 0 amide bonds. The molecule has 0 aliphatic carbocycles. The summed E-state index contributed by atoms with van der Waals surface area (Å²) in [4.78, 5) is 0. The van der Waals surface area contributed by atoms with Gasteiger partial charge in [0.05, 0.1) is 6.54 Å². The summed E-state index contributed by atoms with van der Waals surface area (Å²) in [5, 5.41) is 5.97. The molecular weight excluding hydrogens is 174 g/mol. The van der Waals surface area contributed by atoms with Gasteiger partial charge in [-0.3, -0.25) is 0 Å². The second-order valence-corrected chi connectivity index (χ2v) is 4.10. The molecule has 2 N–H and O–H groups in total. The quantitative estimate of drug-likeness (QED) is 0.640. The summed E-state index contributed by atoms with van der Waals surface area (Å²) in [6.07, 6.45) is 1.99. The number of nitrogens with one attached hydrogen (secondary N) is 2. The van der Waals surface area contributed by atoms with E-state index in [1.165, 1.54) is 0 Å². The SMILES string of the molecule is FC1(F)CNCC1C1CCCNC1. The van der Waals surface area contributed by atoms with Crippen molar-refractivity contribution >= 4 is 0 Å². The molecule has 2 saturated heterocycles. The summed E-state index contributed by atoms with van der Waals surface area (Å²) in [7, 11) is 0. The Bertz CT molecular complexity index is 178. The maximum atomic E-state index is 13.3. The molecule has 2 rings (SSSR count). The fraction of sp³-hybridized carbons (Fsp3) is 1.00. The van der Waals surface area contributed by atoms with Crippen molar-refractivity contribution in [2.75, 3.05) is 26.2 Å². The molecule has 4 heteroatoms. The zero-order valence-corrected chi connectivity index (χ0v) is 7.65. The van der Waals surface area contributed by atoms with Gasteiger partial charge in [-0.05, 0) is 31.8 Å². The number of alkyl halides is 2. The standard InChI is InChI=1S/C9H16F2N2/c10-9(11)6-13-5-8(9)7-2-1-3-12-4-7/h7-8,12-13H,1-6H2. The van der Waals surface area contributed by atoms with Crippen molar-refractivity contribution < 1.29 is 8.78 Å². The van der Waals surface area contributed by atoms with Crippen LogP contribution < -0.4 is 10.6 Å². The summed E-state index contributed by atoms with van der Waals surface area (Å²) in [6.45, 7) is 2.11. The summed E-state index contributed by atoms with van der Waals surface area (Å²) >= 11 is 0. The van der Waals surface area contributed by atoms with Gasteiger partial charge >= 0.3 is 0 Å². The topological polar surface area (TPSA) is 24.1 Å². The maximum Gasteiger partial charge on any atom is 0.264 e. The Morgan fingerprint density at radius 2 is 2.00 bits per heavy atom.